The van der Waals surface area contributed by atoms with Crippen LogP contribution >= 0.6 is 27.3 Å². The van der Waals surface area contributed by atoms with E-state index in [0.717, 1.165) is 13.2 Å². The number of thiophene rings is 1. The van der Waals surface area contributed by atoms with E-state index in [-0.39, 0.29) is 0 Å². The van der Waals surface area contributed by atoms with Gasteiger partial charge in [-0.1, -0.05) is 0 Å². The van der Waals surface area contributed by atoms with E-state index in [0.29, 0.717) is 6.23 Å². The molecule has 0 spiro atoms. The Bertz CT molecular complexity index is 424. The number of rotatable bonds is 4. The van der Waals surface area contributed by atoms with Crippen LogP contribution in [0.2, 0.25) is 14.8 Å². The van der Waals surface area contributed by atoms with Crippen molar-refractivity contribution < 1.29 is 4.74 Å². The topological polar surface area (TPSA) is 12.5 Å². The van der Waals surface area contributed by atoms with Crippen molar-refractivity contribution in [2.45, 2.75) is 46.9 Å². The normalized spacial score (nSPS) is 21.1. The Hall–Kier alpha value is 0.899. The molecule has 0 bridgehead atoms. The summed E-state index contributed by atoms with van der Waals surface area (Å²) in [7, 11) is 2.18. The van der Waals surface area contributed by atoms with E-state index in [2.05, 4.69) is 48.8 Å². The summed E-state index contributed by atoms with van der Waals surface area (Å²) in [5, 5.41) is 0. The maximum atomic E-state index is 5.85. The van der Waals surface area contributed by atoms with Gasteiger partial charge in [0.05, 0.1) is 0 Å². The first-order valence-electron chi connectivity index (χ1n) is 6.98. The molecule has 0 aliphatic carbocycles. The van der Waals surface area contributed by atoms with Gasteiger partial charge in [-0.05, 0) is 0 Å². The molecule has 1 unspecified atom stereocenters. The second-order valence-corrected chi connectivity index (χ2v) is 24.2. The summed E-state index contributed by atoms with van der Waals surface area (Å²) < 4.78 is 8.82. The number of nitrogens with zero attached hydrogens (tertiary/aromatic N) is 1. The van der Waals surface area contributed by atoms with Crippen LogP contribution < -0.4 is 2.89 Å². The standard InChI is InChI=1S/C11H15BrNOS.3CH3.Sn/c1-13(10-4-2-3-6-14-10)8-9-5-7-15-11(9)12;;;;/h5,10H,2-4,6,8H2,1H3;3*1H3;. The van der Waals surface area contributed by atoms with Crippen molar-refractivity contribution in [1.82, 2.24) is 4.90 Å². The summed E-state index contributed by atoms with van der Waals surface area (Å²) >= 11 is 3.77. The fourth-order valence-corrected chi connectivity index (χ4v) is 10.6. The van der Waals surface area contributed by atoms with Gasteiger partial charge in [-0.3, -0.25) is 0 Å². The van der Waals surface area contributed by atoms with Gasteiger partial charge in [-0.2, -0.15) is 0 Å². The van der Waals surface area contributed by atoms with Gasteiger partial charge in [-0.25, -0.2) is 0 Å². The van der Waals surface area contributed by atoms with Crippen molar-refractivity contribution >= 4 is 48.5 Å². The van der Waals surface area contributed by atoms with Gasteiger partial charge in [0.15, 0.2) is 0 Å². The number of hydrogen-bond donors (Lipinski definition) is 0. The van der Waals surface area contributed by atoms with Crippen molar-refractivity contribution in [3.05, 3.63) is 15.4 Å². The van der Waals surface area contributed by atoms with Crippen LogP contribution in [0.3, 0.4) is 0 Å². The molecule has 108 valence electrons. The fraction of sp³-hybridized carbons (Fsp3) is 0.714. The van der Waals surface area contributed by atoms with Crippen molar-refractivity contribution in [2.75, 3.05) is 13.7 Å². The summed E-state index contributed by atoms with van der Waals surface area (Å²) in [5.41, 5.74) is 1.43. The molecule has 0 saturated carbocycles. The van der Waals surface area contributed by atoms with Gasteiger partial charge in [0.25, 0.3) is 0 Å². The van der Waals surface area contributed by atoms with E-state index in [1.165, 1.54) is 28.6 Å². The van der Waals surface area contributed by atoms with Gasteiger partial charge in [0, 0.05) is 0 Å². The van der Waals surface area contributed by atoms with Crippen LogP contribution in [0.15, 0.2) is 9.85 Å². The molecule has 5 heteroatoms. The maximum absolute atomic E-state index is 5.85. The molecule has 1 atom stereocenters. The van der Waals surface area contributed by atoms with Gasteiger partial charge in [0.2, 0.25) is 0 Å². The second kappa shape index (κ2) is 6.77. The van der Waals surface area contributed by atoms with E-state index >= 15 is 0 Å². The third kappa shape index (κ3) is 4.43. The minimum absolute atomic E-state index is 0.308. The number of halogens is 1. The van der Waals surface area contributed by atoms with E-state index in [1.807, 2.05) is 11.3 Å². The molecule has 1 aliphatic heterocycles. The molecule has 1 aromatic heterocycles. The third-order valence-corrected chi connectivity index (χ3v) is 15.0. The van der Waals surface area contributed by atoms with E-state index in [4.69, 9.17) is 4.74 Å². The Balaban J connectivity index is 2.04. The SMILES string of the molecule is CN(Cc1c[c]([Sn]([CH3])([CH3])[CH3])sc1Br)C1CCCCO1. The number of hydrogen-bond acceptors (Lipinski definition) is 3. The molecule has 1 aromatic rings. The molecule has 0 amide bonds. The average molecular weight is 453 g/mol. The van der Waals surface area contributed by atoms with Crippen LogP contribution in [0.25, 0.3) is 0 Å². The molecule has 2 heterocycles. The van der Waals surface area contributed by atoms with E-state index < -0.39 is 18.4 Å². The zero-order valence-electron chi connectivity index (χ0n) is 12.3. The molecule has 2 rings (SSSR count). The number of ether oxygens (including phenoxy) is 1. The Morgan fingerprint density at radius 3 is 2.68 bits per heavy atom. The predicted octanol–water partition coefficient (Wildman–Crippen LogP) is 4.01. The molecule has 1 aliphatic rings. The summed E-state index contributed by atoms with van der Waals surface area (Å²) in [5.74, 6) is 0. The first kappa shape index (κ1) is 16.3. The van der Waals surface area contributed by atoms with Crippen LogP contribution in [0.5, 0.6) is 0 Å². The Kier molecular flexibility index (Phi) is 5.80. The molecule has 0 aromatic carbocycles. The Labute approximate surface area is 133 Å². The van der Waals surface area contributed by atoms with Gasteiger partial charge in [-0.15, -0.1) is 0 Å². The van der Waals surface area contributed by atoms with E-state index in [9.17, 15) is 0 Å². The van der Waals surface area contributed by atoms with Crippen LogP contribution in [-0.4, -0.2) is 43.2 Å². The summed E-state index contributed by atoms with van der Waals surface area (Å²) in [6.07, 6.45) is 3.99. The molecule has 0 radical (unpaired) electrons. The average Bonchev–Trinajstić information content (AvgIpc) is 2.72. The van der Waals surface area contributed by atoms with E-state index in [1.54, 1.807) is 2.89 Å². The summed E-state index contributed by atoms with van der Waals surface area (Å²) in [4.78, 5) is 9.79. The summed E-state index contributed by atoms with van der Waals surface area (Å²) in [6, 6.07) is 2.43. The predicted molar refractivity (Wildman–Crippen MR) is 90.1 cm³/mol. The van der Waals surface area contributed by atoms with Crippen molar-refractivity contribution in [2.24, 2.45) is 0 Å². The fourth-order valence-electron chi connectivity index (χ4n) is 2.33. The van der Waals surface area contributed by atoms with Crippen molar-refractivity contribution in [1.29, 1.82) is 0 Å². The van der Waals surface area contributed by atoms with Crippen LogP contribution in [0.4, 0.5) is 0 Å². The quantitative estimate of drug-likeness (QED) is 0.640. The Morgan fingerprint density at radius 2 is 2.16 bits per heavy atom. The third-order valence-electron chi connectivity index (χ3n) is 3.56. The first-order chi connectivity index (χ1) is 8.88. The van der Waals surface area contributed by atoms with Crippen LogP contribution in [0, 0.1) is 0 Å². The van der Waals surface area contributed by atoms with Crippen LogP contribution in [-0.2, 0) is 11.3 Å². The van der Waals surface area contributed by atoms with Gasteiger partial charge < -0.3 is 0 Å². The monoisotopic (exact) mass is 453 g/mol. The zero-order valence-corrected chi connectivity index (χ0v) is 17.6. The molecule has 19 heavy (non-hydrogen) atoms. The molecule has 1 saturated heterocycles. The molecule has 1 fully saturated rings. The second-order valence-electron chi connectivity index (χ2n) is 6.40. The van der Waals surface area contributed by atoms with Crippen LogP contribution in [0.1, 0.15) is 24.8 Å². The van der Waals surface area contributed by atoms with Gasteiger partial charge in [0.1, 0.15) is 0 Å². The Morgan fingerprint density at radius 1 is 1.42 bits per heavy atom. The molecule has 2 nitrogen and oxygen atoms in total. The van der Waals surface area contributed by atoms with Gasteiger partial charge >= 0.3 is 134 Å². The first-order valence-corrected chi connectivity index (χ1v) is 18.6. The minimum atomic E-state index is -1.92. The van der Waals surface area contributed by atoms with Crippen molar-refractivity contribution in [3.8, 4) is 0 Å². The summed E-state index contributed by atoms with van der Waals surface area (Å²) in [6.45, 7) is 1.91. The molecular formula is C14H24BrNOSSn. The van der Waals surface area contributed by atoms with Crippen molar-refractivity contribution in [3.63, 3.8) is 0 Å². The molecular weight excluding hydrogens is 429 g/mol. The zero-order chi connectivity index (χ0) is 14.0. The molecule has 0 N–H and O–H groups in total.